The Hall–Kier alpha value is -3.52. The van der Waals surface area contributed by atoms with E-state index in [1.54, 1.807) is 42.5 Å². The number of aliphatic carboxylic acids is 1. The highest BCUT2D eigenvalue weighted by Crippen LogP contribution is 2.54. The van der Waals surface area contributed by atoms with Gasteiger partial charge in [0.1, 0.15) is 5.92 Å². The number of hydrogen-bond donors (Lipinski definition) is 2. The van der Waals surface area contributed by atoms with Gasteiger partial charge in [-0.05, 0) is 23.8 Å². The monoisotopic (exact) mass is 509 g/mol. The van der Waals surface area contributed by atoms with E-state index in [1.807, 2.05) is 0 Å². The molecule has 3 aromatic rings. The van der Waals surface area contributed by atoms with E-state index in [1.165, 1.54) is 30.3 Å². The lowest BCUT2D eigenvalue weighted by Crippen LogP contribution is -2.52. The van der Waals surface area contributed by atoms with Crippen LogP contribution in [0.25, 0.3) is 0 Å². The van der Waals surface area contributed by atoms with Crippen LogP contribution in [0.2, 0.25) is 10.0 Å². The molecule has 0 radical (unpaired) electrons. The van der Waals surface area contributed by atoms with E-state index in [-0.39, 0.29) is 26.9 Å². The second-order valence-corrected chi connectivity index (χ2v) is 9.16. The molecule has 0 aromatic heterocycles. The maximum atomic E-state index is 13.6. The van der Waals surface area contributed by atoms with E-state index in [0.717, 1.165) is 0 Å². The van der Waals surface area contributed by atoms with Gasteiger partial charge in [0, 0.05) is 16.8 Å². The highest BCUT2D eigenvalue weighted by molar-refractivity contribution is 6.42. The van der Waals surface area contributed by atoms with Crippen LogP contribution in [0.5, 0.6) is 0 Å². The fourth-order valence-electron chi connectivity index (χ4n) is 4.88. The normalized spacial score (nSPS) is 22.3. The third-order valence-electron chi connectivity index (χ3n) is 6.41. The quantitative estimate of drug-likeness (QED) is 0.487. The van der Waals surface area contributed by atoms with E-state index in [4.69, 9.17) is 27.9 Å². The van der Waals surface area contributed by atoms with Crippen LogP contribution in [0.3, 0.4) is 0 Å². The van der Waals surface area contributed by atoms with Crippen molar-refractivity contribution in [2.45, 2.75) is 11.7 Å². The van der Waals surface area contributed by atoms with Crippen molar-refractivity contribution in [2.24, 2.45) is 11.8 Å². The van der Waals surface area contributed by atoms with Crippen LogP contribution in [0.15, 0.2) is 72.8 Å². The average Bonchev–Trinajstić information content (AvgIpc) is 3.32. The minimum atomic E-state index is -2.37. The Morgan fingerprint density at radius 3 is 2.03 bits per heavy atom. The third-order valence-corrected chi connectivity index (χ3v) is 7.15. The molecule has 1 amide bonds. The number of benzene rings is 3. The highest BCUT2D eigenvalue weighted by atomic mass is 35.5. The summed E-state index contributed by atoms with van der Waals surface area (Å²) in [6.45, 7) is 0. The number of fused-ring (bicyclic) bond motifs is 1. The Labute approximate surface area is 209 Å². The third kappa shape index (κ3) is 3.55. The Morgan fingerprint density at radius 2 is 1.46 bits per heavy atom. The molecule has 0 saturated carbocycles. The van der Waals surface area contributed by atoms with Gasteiger partial charge in [-0.25, -0.2) is 0 Å². The highest BCUT2D eigenvalue weighted by Gasteiger charge is 2.71. The van der Waals surface area contributed by atoms with Crippen molar-refractivity contribution in [1.29, 1.82) is 0 Å². The minimum Gasteiger partial charge on any atom is -0.481 e. The van der Waals surface area contributed by atoms with Gasteiger partial charge in [-0.2, -0.15) is 0 Å². The second kappa shape index (κ2) is 8.61. The standard InChI is InChI=1S/C26H17Cl2NO6/c27-17-11-10-14(12-18(17)28)29-24(32)19-20(25(33)34)26(35-21(19)13-6-2-1-3-7-13)22(30)15-8-4-5-9-16(15)23(26)31/h1-12,19-21H,(H,29,32)(H,33,34)/t19-,20-,21-/m0/s1. The molecule has 1 aliphatic heterocycles. The van der Waals surface area contributed by atoms with Gasteiger partial charge in [-0.3, -0.25) is 19.2 Å². The lowest BCUT2D eigenvalue weighted by Gasteiger charge is -2.25. The maximum Gasteiger partial charge on any atom is 0.311 e. The molecule has 2 aliphatic rings. The minimum absolute atomic E-state index is 0.0705. The number of amides is 1. The summed E-state index contributed by atoms with van der Waals surface area (Å²) in [5.41, 5.74) is -1.49. The molecule has 176 valence electrons. The van der Waals surface area contributed by atoms with Gasteiger partial charge in [0.05, 0.1) is 22.1 Å². The number of ether oxygens (including phenoxy) is 1. The summed E-state index contributed by atoms with van der Waals surface area (Å²) < 4.78 is 6.10. The first kappa shape index (κ1) is 23.2. The Balaban J connectivity index is 1.64. The number of rotatable bonds is 4. The van der Waals surface area contributed by atoms with E-state index in [9.17, 15) is 24.3 Å². The number of nitrogens with one attached hydrogen (secondary N) is 1. The van der Waals surface area contributed by atoms with Crippen molar-refractivity contribution in [3.63, 3.8) is 0 Å². The Morgan fingerprint density at radius 1 is 0.857 bits per heavy atom. The molecule has 1 saturated heterocycles. The van der Waals surface area contributed by atoms with Crippen LogP contribution in [-0.2, 0) is 14.3 Å². The maximum absolute atomic E-state index is 13.6. The van der Waals surface area contributed by atoms with Crippen LogP contribution in [-0.4, -0.2) is 34.2 Å². The van der Waals surface area contributed by atoms with Gasteiger partial charge in [0.25, 0.3) is 0 Å². The fourth-order valence-corrected chi connectivity index (χ4v) is 5.18. The zero-order chi connectivity index (χ0) is 24.9. The molecule has 5 rings (SSSR count). The van der Waals surface area contributed by atoms with Crippen molar-refractivity contribution in [3.05, 3.63) is 99.5 Å². The van der Waals surface area contributed by atoms with Crippen molar-refractivity contribution in [1.82, 2.24) is 0 Å². The molecule has 1 aliphatic carbocycles. The van der Waals surface area contributed by atoms with Crippen LogP contribution in [0.4, 0.5) is 5.69 Å². The van der Waals surface area contributed by atoms with Crippen LogP contribution in [0, 0.1) is 11.8 Å². The van der Waals surface area contributed by atoms with Crippen molar-refractivity contribution in [2.75, 3.05) is 5.32 Å². The Kier molecular flexibility index (Phi) is 5.71. The predicted octanol–water partition coefficient (Wildman–Crippen LogP) is 4.84. The zero-order valence-electron chi connectivity index (χ0n) is 17.9. The SMILES string of the molecule is O=C(Nc1ccc(Cl)c(Cl)c1)[C@H]1[C@@H](C(=O)O)C2(O[C@H]1c1ccccc1)C(=O)c1ccccc1C2=O. The lowest BCUT2D eigenvalue weighted by atomic mass is 9.75. The van der Waals surface area contributed by atoms with Crippen molar-refractivity contribution in [3.8, 4) is 0 Å². The molecular weight excluding hydrogens is 493 g/mol. The van der Waals surface area contributed by atoms with Gasteiger partial charge in [-0.15, -0.1) is 0 Å². The summed E-state index contributed by atoms with van der Waals surface area (Å²) >= 11 is 12.0. The summed E-state index contributed by atoms with van der Waals surface area (Å²) in [6, 6.07) is 18.9. The first-order valence-electron chi connectivity index (χ1n) is 10.7. The molecule has 3 aromatic carbocycles. The van der Waals surface area contributed by atoms with E-state index >= 15 is 0 Å². The number of carboxylic acids is 1. The van der Waals surface area contributed by atoms with E-state index < -0.39 is 47.0 Å². The summed E-state index contributed by atoms with van der Waals surface area (Å²) in [6.07, 6.45) is -1.18. The van der Waals surface area contributed by atoms with Crippen LogP contribution in [0.1, 0.15) is 32.4 Å². The number of ketones is 2. The number of anilines is 1. The number of halogens is 2. The number of hydrogen-bond acceptors (Lipinski definition) is 5. The zero-order valence-corrected chi connectivity index (χ0v) is 19.4. The molecule has 1 spiro atoms. The van der Waals surface area contributed by atoms with Gasteiger partial charge in [0.2, 0.25) is 23.1 Å². The summed E-state index contributed by atoms with van der Waals surface area (Å²) in [4.78, 5) is 53.3. The first-order valence-corrected chi connectivity index (χ1v) is 11.4. The number of Topliss-reactive ketones (excluding diaryl/α,β-unsaturated/α-hetero) is 2. The topological polar surface area (TPSA) is 110 Å². The summed E-state index contributed by atoms with van der Waals surface area (Å²) in [5.74, 6) is -6.95. The molecule has 35 heavy (non-hydrogen) atoms. The molecule has 7 nitrogen and oxygen atoms in total. The fraction of sp³-hybridized carbons (Fsp3) is 0.154. The van der Waals surface area contributed by atoms with Crippen molar-refractivity contribution < 1.29 is 29.0 Å². The molecular formula is C26H17Cl2NO6. The van der Waals surface area contributed by atoms with Gasteiger partial charge < -0.3 is 15.2 Å². The molecule has 1 fully saturated rings. The molecule has 0 bridgehead atoms. The largest absolute Gasteiger partial charge is 0.481 e. The Bertz CT molecular complexity index is 1350. The first-order chi connectivity index (χ1) is 16.8. The van der Waals surface area contributed by atoms with E-state index in [0.29, 0.717) is 5.56 Å². The van der Waals surface area contributed by atoms with Crippen LogP contribution < -0.4 is 5.32 Å². The van der Waals surface area contributed by atoms with Crippen molar-refractivity contribution >= 4 is 52.3 Å². The van der Waals surface area contributed by atoms with E-state index in [2.05, 4.69) is 5.32 Å². The van der Waals surface area contributed by atoms with Gasteiger partial charge in [0.15, 0.2) is 0 Å². The molecule has 0 unspecified atom stereocenters. The lowest BCUT2D eigenvalue weighted by molar-refractivity contribution is -0.147. The number of carbonyl (C=O) groups is 4. The molecule has 3 atom stereocenters. The van der Waals surface area contributed by atoms with Gasteiger partial charge in [-0.1, -0.05) is 77.8 Å². The average molecular weight is 510 g/mol. The molecule has 9 heteroatoms. The molecule has 2 N–H and O–H groups in total. The smallest absolute Gasteiger partial charge is 0.311 e. The molecule has 1 heterocycles. The summed E-state index contributed by atoms with van der Waals surface area (Å²) in [5, 5.41) is 13.4. The number of carboxylic acid groups (broad SMARTS) is 1. The second-order valence-electron chi connectivity index (χ2n) is 8.35. The number of carbonyl (C=O) groups excluding carboxylic acids is 3. The predicted molar refractivity (Wildman–Crippen MR) is 128 cm³/mol. The van der Waals surface area contributed by atoms with Gasteiger partial charge >= 0.3 is 5.97 Å². The van der Waals surface area contributed by atoms with Crippen LogP contribution >= 0.6 is 23.2 Å². The summed E-state index contributed by atoms with van der Waals surface area (Å²) in [7, 11) is 0.